The molecule has 0 N–H and O–H groups in total. The maximum atomic E-state index is 4.86. The highest BCUT2D eigenvalue weighted by Crippen LogP contribution is 2.53. The van der Waals surface area contributed by atoms with Crippen molar-refractivity contribution in [2.24, 2.45) is 4.99 Å². The van der Waals surface area contributed by atoms with E-state index in [9.17, 15) is 0 Å². The van der Waals surface area contributed by atoms with Crippen molar-refractivity contribution < 1.29 is 0 Å². The fourth-order valence-electron chi connectivity index (χ4n) is 7.05. The number of benzene rings is 4. The van der Waals surface area contributed by atoms with Gasteiger partial charge in [-0.05, 0) is 51.8 Å². The third-order valence-electron chi connectivity index (χ3n) is 8.70. The van der Waals surface area contributed by atoms with Gasteiger partial charge in [0.1, 0.15) is 0 Å². The van der Waals surface area contributed by atoms with Crippen LogP contribution in [0.4, 0.5) is 11.4 Å². The zero-order chi connectivity index (χ0) is 26.3. The van der Waals surface area contributed by atoms with Crippen LogP contribution in [0.15, 0.2) is 150 Å². The third kappa shape index (κ3) is 3.57. The van der Waals surface area contributed by atoms with Gasteiger partial charge < -0.3 is 4.90 Å². The van der Waals surface area contributed by atoms with E-state index >= 15 is 0 Å². The topological polar surface area (TPSA) is 15.6 Å². The molecule has 2 atom stereocenters. The largest absolute Gasteiger partial charge is 0.331 e. The van der Waals surface area contributed by atoms with Crippen molar-refractivity contribution >= 4 is 41.2 Å². The average Bonchev–Trinajstić information content (AvgIpc) is 3.28. The first-order valence-electron chi connectivity index (χ1n) is 13.9. The number of para-hydroxylation sites is 2. The van der Waals surface area contributed by atoms with Crippen LogP contribution in [0.3, 0.4) is 0 Å². The zero-order valence-corrected chi connectivity index (χ0v) is 23.2. The molecule has 2 aliphatic heterocycles. The van der Waals surface area contributed by atoms with E-state index in [1.165, 1.54) is 37.7 Å². The molecule has 2 unspecified atom stereocenters. The van der Waals surface area contributed by atoms with Crippen molar-refractivity contribution in [3.63, 3.8) is 0 Å². The Labute approximate surface area is 232 Å². The molecule has 2 nitrogen and oxygen atoms in total. The summed E-state index contributed by atoms with van der Waals surface area (Å²) in [7, 11) is -2.73. The summed E-state index contributed by atoms with van der Waals surface area (Å²) < 4.78 is 0. The molecule has 3 heteroatoms. The Bertz CT molecular complexity index is 1580. The molecule has 0 saturated carbocycles. The van der Waals surface area contributed by atoms with Gasteiger partial charge in [0, 0.05) is 30.1 Å². The van der Waals surface area contributed by atoms with Crippen LogP contribution in [0.5, 0.6) is 0 Å². The molecule has 0 radical (unpaired) electrons. The van der Waals surface area contributed by atoms with E-state index in [2.05, 4.69) is 158 Å². The molecule has 0 fully saturated rings. The van der Waals surface area contributed by atoms with Crippen LogP contribution >= 0.6 is 0 Å². The quantitative estimate of drug-likeness (QED) is 0.225. The average molecular weight is 521 g/mol. The van der Waals surface area contributed by atoms with Gasteiger partial charge in [-0.25, -0.2) is 0 Å². The van der Waals surface area contributed by atoms with E-state index in [1.54, 1.807) is 0 Å². The highest BCUT2D eigenvalue weighted by atomic mass is 28.3. The molecule has 4 aromatic rings. The van der Waals surface area contributed by atoms with E-state index in [0.29, 0.717) is 0 Å². The van der Waals surface area contributed by atoms with Gasteiger partial charge in [0.25, 0.3) is 0 Å². The molecule has 0 saturated heterocycles. The van der Waals surface area contributed by atoms with E-state index in [-0.39, 0.29) is 11.5 Å². The molecule has 4 aromatic carbocycles. The van der Waals surface area contributed by atoms with Gasteiger partial charge in [-0.3, -0.25) is 4.99 Å². The summed E-state index contributed by atoms with van der Waals surface area (Å²) in [6.45, 7) is 3.25. The molecule has 0 bridgehead atoms. The molecule has 190 valence electrons. The van der Waals surface area contributed by atoms with Crippen molar-refractivity contribution in [2.75, 3.05) is 11.4 Å². The Balaban J connectivity index is 1.63. The lowest BCUT2D eigenvalue weighted by Crippen LogP contribution is -2.70. The van der Waals surface area contributed by atoms with Gasteiger partial charge in [-0.1, -0.05) is 127 Å². The second-order valence-corrected chi connectivity index (χ2v) is 14.6. The number of aliphatic imine (C=N–C) groups is 1. The van der Waals surface area contributed by atoms with Crippen molar-refractivity contribution in [1.29, 1.82) is 0 Å². The first kappa shape index (κ1) is 23.9. The number of anilines is 2. The summed E-state index contributed by atoms with van der Waals surface area (Å²) in [6.07, 6.45) is 14.8. The summed E-state index contributed by atoms with van der Waals surface area (Å²) in [4.78, 5) is 7.48. The predicted octanol–water partition coefficient (Wildman–Crippen LogP) is 6.22. The Morgan fingerprint density at radius 2 is 1.44 bits per heavy atom. The van der Waals surface area contributed by atoms with Gasteiger partial charge in [-0.2, -0.15) is 0 Å². The van der Waals surface area contributed by atoms with Crippen molar-refractivity contribution in [2.45, 2.75) is 24.8 Å². The number of rotatable bonds is 5. The summed E-state index contributed by atoms with van der Waals surface area (Å²) in [5.41, 5.74) is 3.78. The molecule has 7 rings (SSSR count). The van der Waals surface area contributed by atoms with Gasteiger partial charge in [-0.15, -0.1) is 0 Å². The van der Waals surface area contributed by atoms with Crippen LogP contribution in [0.25, 0.3) is 0 Å². The minimum absolute atomic E-state index is 0.197. The molecule has 0 aromatic heterocycles. The lowest BCUT2D eigenvalue weighted by molar-refractivity contribution is 0.542. The van der Waals surface area contributed by atoms with Gasteiger partial charge >= 0.3 is 0 Å². The Morgan fingerprint density at radius 1 is 0.769 bits per heavy atom. The number of fused-ring (bicyclic) bond motifs is 3. The number of hydrogen-bond acceptors (Lipinski definition) is 2. The second-order valence-electron chi connectivity index (χ2n) is 10.8. The summed E-state index contributed by atoms with van der Waals surface area (Å²) in [5.74, 6) is 0.268. The van der Waals surface area contributed by atoms with Crippen LogP contribution < -0.4 is 20.5 Å². The summed E-state index contributed by atoms with van der Waals surface area (Å²) in [6, 6.07) is 40.5. The normalized spacial score (nSPS) is 21.4. The maximum Gasteiger partial charge on any atom is 0.183 e. The summed E-state index contributed by atoms with van der Waals surface area (Å²) >= 11 is 0. The van der Waals surface area contributed by atoms with Crippen molar-refractivity contribution in [3.8, 4) is 0 Å². The van der Waals surface area contributed by atoms with Crippen molar-refractivity contribution in [1.82, 2.24) is 0 Å². The number of dihydropyridines is 1. The zero-order valence-electron chi connectivity index (χ0n) is 22.2. The van der Waals surface area contributed by atoms with E-state index in [4.69, 9.17) is 4.99 Å². The molecule has 3 aliphatic rings. The standard InChI is InChI=1S/C36H32N2Si/c1-36-25-12-11-23-33(36)32-22-13-24-34(35(32)38(36)28-15-5-2-6-16-28)39(29-17-7-3-8-18-29,30-19-9-4-10-20-30)31-21-14-26-37-27-31/h2-13,15-25,27,33H,14,26H2,1H3. The number of allylic oxidation sites excluding steroid dienone is 3. The SMILES string of the molecule is CC12C=CC=CC1c1cccc([Si](C3=CCCN=C3)(c3ccccc3)c3ccccc3)c1N2c1ccccc1. The molecule has 0 spiro atoms. The lowest BCUT2D eigenvalue weighted by Gasteiger charge is -2.42. The smallest absolute Gasteiger partial charge is 0.183 e. The Hall–Kier alpha value is -4.21. The summed E-state index contributed by atoms with van der Waals surface area (Å²) in [5, 5.41) is 5.59. The fourth-order valence-corrected chi connectivity index (χ4v) is 12.1. The first-order valence-corrected chi connectivity index (χ1v) is 15.9. The van der Waals surface area contributed by atoms with E-state index in [0.717, 1.165) is 13.0 Å². The predicted molar refractivity (Wildman–Crippen MR) is 168 cm³/mol. The second kappa shape index (κ2) is 9.51. The lowest BCUT2D eigenvalue weighted by atomic mass is 9.80. The minimum atomic E-state index is -2.73. The maximum absolute atomic E-state index is 4.86. The van der Waals surface area contributed by atoms with Gasteiger partial charge in [0.05, 0.1) is 5.54 Å². The highest BCUT2D eigenvalue weighted by molar-refractivity contribution is 7.18. The highest BCUT2D eigenvalue weighted by Gasteiger charge is 2.52. The van der Waals surface area contributed by atoms with Gasteiger partial charge in [0.2, 0.25) is 0 Å². The van der Waals surface area contributed by atoms with Crippen LogP contribution in [-0.2, 0) is 0 Å². The number of hydrogen-bond donors (Lipinski definition) is 0. The van der Waals surface area contributed by atoms with Gasteiger partial charge in [0.15, 0.2) is 8.07 Å². The van der Waals surface area contributed by atoms with Crippen LogP contribution in [0.2, 0.25) is 0 Å². The molecule has 2 heterocycles. The van der Waals surface area contributed by atoms with Crippen molar-refractivity contribution in [3.05, 3.63) is 150 Å². The third-order valence-corrected chi connectivity index (χ3v) is 13.5. The number of nitrogens with zero attached hydrogens (tertiary/aromatic N) is 2. The molecular weight excluding hydrogens is 488 g/mol. The van der Waals surface area contributed by atoms with Crippen LogP contribution in [0.1, 0.15) is 24.8 Å². The monoisotopic (exact) mass is 520 g/mol. The first-order chi connectivity index (χ1) is 19.2. The van der Waals surface area contributed by atoms with Crippen LogP contribution in [0, 0.1) is 0 Å². The van der Waals surface area contributed by atoms with Crippen LogP contribution in [-0.4, -0.2) is 26.4 Å². The molecule has 1 aliphatic carbocycles. The van der Waals surface area contributed by atoms with E-state index in [1.807, 2.05) is 0 Å². The Morgan fingerprint density at radius 3 is 2.08 bits per heavy atom. The van der Waals surface area contributed by atoms with E-state index < -0.39 is 8.07 Å². The minimum Gasteiger partial charge on any atom is -0.331 e. The molecule has 39 heavy (non-hydrogen) atoms. The molecule has 0 amide bonds. The Kier molecular flexibility index (Phi) is 5.82. The fraction of sp³-hybridized carbons (Fsp3) is 0.139. The molecular formula is C36H32N2Si.